The molecule has 3 rings (SSSR count). The zero-order chi connectivity index (χ0) is 22.6. The maximum Gasteiger partial charge on any atom is 0.222 e. The second kappa shape index (κ2) is 9.43. The van der Waals surface area contributed by atoms with Gasteiger partial charge in [-0.05, 0) is 47.7 Å². The van der Waals surface area contributed by atoms with Crippen molar-refractivity contribution in [1.82, 2.24) is 9.97 Å². The van der Waals surface area contributed by atoms with Gasteiger partial charge < -0.3 is 20.9 Å². The predicted molar refractivity (Wildman–Crippen MR) is 127 cm³/mol. The average Bonchev–Trinajstić information content (AvgIpc) is 2.69. The number of hydrogen-bond acceptors (Lipinski definition) is 6. The summed E-state index contributed by atoms with van der Waals surface area (Å²) in [5, 5.41) is 0.726. The number of nitrogen functional groups attached to an aromatic ring is 2. The first-order valence-corrected chi connectivity index (χ1v) is 10.6. The summed E-state index contributed by atoms with van der Waals surface area (Å²) in [6, 6.07) is 14.1. The number of nitrogens with zero attached hydrogens (tertiary/aromatic N) is 2. The SMILES string of the molecule is Cc1nc(N)nc(N)c1OCCCOc1ccc(-c2ccc(Cl)cc2)cc1C(C)(C)C. The number of ether oxygens (including phenoxy) is 2. The largest absolute Gasteiger partial charge is 0.493 e. The summed E-state index contributed by atoms with van der Waals surface area (Å²) < 4.78 is 11.9. The molecule has 0 radical (unpaired) electrons. The molecule has 4 N–H and O–H groups in total. The van der Waals surface area contributed by atoms with Crippen LogP contribution in [-0.4, -0.2) is 23.2 Å². The Hall–Kier alpha value is -2.99. The molecule has 0 amide bonds. The van der Waals surface area contributed by atoms with Crippen LogP contribution in [0.25, 0.3) is 11.1 Å². The van der Waals surface area contributed by atoms with Gasteiger partial charge in [0.15, 0.2) is 11.6 Å². The molecule has 0 aliphatic rings. The second-order valence-corrected chi connectivity index (χ2v) is 8.84. The average molecular weight is 441 g/mol. The highest BCUT2D eigenvalue weighted by Crippen LogP contribution is 2.35. The normalized spacial score (nSPS) is 11.4. The minimum atomic E-state index is -0.0683. The number of halogens is 1. The van der Waals surface area contributed by atoms with Crippen LogP contribution in [-0.2, 0) is 5.41 Å². The number of benzene rings is 2. The van der Waals surface area contributed by atoms with Crippen molar-refractivity contribution < 1.29 is 9.47 Å². The van der Waals surface area contributed by atoms with Gasteiger partial charge in [0.25, 0.3) is 0 Å². The predicted octanol–water partition coefficient (Wildman–Crippen LogP) is 5.42. The van der Waals surface area contributed by atoms with Gasteiger partial charge >= 0.3 is 0 Å². The molecule has 0 fully saturated rings. The Balaban J connectivity index is 1.65. The lowest BCUT2D eigenvalue weighted by Crippen LogP contribution is -2.15. The maximum atomic E-state index is 6.11. The molecule has 0 saturated carbocycles. The minimum absolute atomic E-state index is 0.0683. The van der Waals surface area contributed by atoms with Crippen molar-refractivity contribution in [3.8, 4) is 22.6 Å². The summed E-state index contributed by atoms with van der Waals surface area (Å²) in [5.41, 5.74) is 15.4. The first kappa shape index (κ1) is 22.7. The van der Waals surface area contributed by atoms with Crippen molar-refractivity contribution >= 4 is 23.4 Å². The third-order valence-corrected chi connectivity index (χ3v) is 5.09. The summed E-state index contributed by atoms with van der Waals surface area (Å²) in [5.74, 6) is 1.73. The number of nitrogens with two attached hydrogens (primary N) is 2. The van der Waals surface area contributed by atoms with E-state index >= 15 is 0 Å². The zero-order valence-corrected chi connectivity index (χ0v) is 19.2. The Morgan fingerprint density at radius 3 is 2.19 bits per heavy atom. The molecule has 164 valence electrons. The Kier molecular flexibility index (Phi) is 6.91. The molecule has 2 aromatic carbocycles. The van der Waals surface area contributed by atoms with Crippen LogP contribution < -0.4 is 20.9 Å². The topological polar surface area (TPSA) is 96.3 Å². The summed E-state index contributed by atoms with van der Waals surface area (Å²) in [4.78, 5) is 8.02. The van der Waals surface area contributed by atoms with Crippen LogP contribution in [0.5, 0.6) is 11.5 Å². The summed E-state index contributed by atoms with van der Waals surface area (Å²) in [7, 11) is 0. The Morgan fingerprint density at radius 1 is 0.903 bits per heavy atom. The number of aryl methyl sites for hydroxylation is 1. The lowest BCUT2D eigenvalue weighted by Gasteiger charge is -2.24. The Bertz CT molecular complexity index is 1020. The molecule has 0 aliphatic carbocycles. The third-order valence-electron chi connectivity index (χ3n) is 4.84. The summed E-state index contributed by atoms with van der Waals surface area (Å²) >= 11 is 6.02. The number of aromatic nitrogens is 2. The van der Waals surface area contributed by atoms with Crippen LogP contribution in [0, 0.1) is 6.92 Å². The fraction of sp³-hybridized carbons (Fsp3) is 0.333. The molecule has 0 atom stereocenters. The maximum absolute atomic E-state index is 6.11. The molecular formula is C24H29ClN4O2. The summed E-state index contributed by atoms with van der Waals surface area (Å²) in [6.45, 7) is 9.27. The smallest absolute Gasteiger partial charge is 0.222 e. The molecule has 0 aliphatic heterocycles. The van der Waals surface area contributed by atoms with E-state index in [9.17, 15) is 0 Å². The van der Waals surface area contributed by atoms with Gasteiger partial charge in [-0.15, -0.1) is 0 Å². The van der Waals surface area contributed by atoms with Crippen LogP contribution >= 0.6 is 11.6 Å². The van der Waals surface area contributed by atoms with Gasteiger partial charge in [0, 0.05) is 17.0 Å². The molecule has 0 saturated heterocycles. The molecular weight excluding hydrogens is 412 g/mol. The van der Waals surface area contributed by atoms with E-state index in [1.807, 2.05) is 30.3 Å². The Labute approximate surface area is 188 Å². The van der Waals surface area contributed by atoms with E-state index in [4.69, 9.17) is 32.5 Å². The van der Waals surface area contributed by atoms with Gasteiger partial charge in [-0.25, -0.2) is 4.98 Å². The van der Waals surface area contributed by atoms with Crippen molar-refractivity contribution in [3.05, 3.63) is 58.7 Å². The van der Waals surface area contributed by atoms with E-state index in [0.717, 1.165) is 27.5 Å². The molecule has 0 bridgehead atoms. The molecule has 1 aromatic heterocycles. The molecule has 0 spiro atoms. The van der Waals surface area contributed by atoms with Gasteiger partial charge in [-0.2, -0.15) is 4.98 Å². The highest BCUT2D eigenvalue weighted by molar-refractivity contribution is 6.30. The standard InChI is InChI=1S/C24H29ClN4O2/c1-15-21(22(26)29-23(27)28-15)31-13-5-12-30-20-11-8-17(14-19(20)24(2,3)4)16-6-9-18(25)10-7-16/h6-11,14H,5,12-13H2,1-4H3,(H4,26,27,28,29). The monoisotopic (exact) mass is 440 g/mol. The van der Waals surface area contributed by atoms with Gasteiger partial charge in [-0.3, -0.25) is 0 Å². The van der Waals surface area contributed by atoms with Crippen LogP contribution in [0.1, 0.15) is 38.4 Å². The van der Waals surface area contributed by atoms with Crippen LogP contribution in [0.3, 0.4) is 0 Å². The van der Waals surface area contributed by atoms with Gasteiger partial charge in [0.2, 0.25) is 5.95 Å². The van der Waals surface area contributed by atoms with Crippen molar-refractivity contribution in [2.24, 2.45) is 0 Å². The van der Waals surface area contributed by atoms with Crippen molar-refractivity contribution in [3.63, 3.8) is 0 Å². The first-order chi connectivity index (χ1) is 14.6. The fourth-order valence-electron chi connectivity index (χ4n) is 3.26. The molecule has 7 heteroatoms. The van der Waals surface area contributed by atoms with Crippen molar-refractivity contribution in [2.45, 2.75) is 39.5 Å². The van der Waals surface area contributed by atoms with Gasteiger partial charge in [0.1, 0.15) is 5.75 Å². The van der Waals surface area contributed by atoms with Crippen molar-refractivity contribution in [2.75, 3.05) is 24.7 Å². The van der Waals surface area contributed by atoms with Gasteiger partial charge in [0.05, 0.1) is 18.9 Å². The Morgan fingerprint density at radius 2 is 1.55 bits per heavy atom. The van der Waals surface area contributed by atoms with Crippen LogP contribution in [0.4, 0.5) is 11.8 Å². The first-order valence-electron chi connectivity index (χ1n) is 10.2. The molecule has 1 heterocycles. The van der Waals surface area contributed by atoms with Gasteiger partial charge in [-0.1, -0.05) is 50.6 Å². The van der Waals surface area contributed by atoms with E-state index in [1.54, 1.807) is 6.92 Å². The minimum Gasteiger partial charge on any atom is -0.493 e. The zero-order valence-electron chi connectivity index (χ0n) is 18.4. The molecule has 0 unspecified atom stereocenters. The number of hydrogen-bond donors (Lipinski definition) is 2. The lowest BCUT2D eigenvalue weighted by molar-refractivity contribution is 0.243. The lowest BCUT2D eigenvalue weighted by atomic mass is 9.84. The third kappa shape index (κ3) is 5.79. The van der Waals surface area contributed by atoms with Crippen molar-refractivity contribution in [1.29, 1.82) is 0 Å². The quantitative estimate of drug-likeness (QED) is 0.476. The highest BCUT2D eigenvalue weighted by Gasteiger charge is 2.20. The van der Waals surface area contributed by atoms with E-state index < -0.39 is 0 Å². The van der Waals surface area contributed by atoms with E-state index in [-0.39, 0.29) is 17.2 Å². The number of anilines is 2. The summed E-state index contributed by atoms with van der Waals surface area (Å²) in [6.07, 6.45) is 0.686. The molecule has 31 heavy (non-hydrogen) atoms. The fourth-order valence-corrected chi connectivity index (χ4v) is 3.39. The highest BCUT2D eigenvalue weighted by atomic mass is 35.5. The van der Waals surface area contributed by atoms with Crippen LogP contribution in [0.15, 0.2) is 42.5 Å². The molecule has 3 aromatic rings. The van der Waals surface area contributed by atoms with Crippen LogP contribution in [0.2, 0.25) is 5.02 Å². The molecule has 6 nitrogen and oxygen atoms in total. The second-order valence-electron chi connectivity index (χ2n) is 8.40. The van der Waals surface area contributed by atoms with E-state index in [1.165, 1.54) is 0 Å². The number of rotatable bonds is 7. The van der Waals surface area contributed by atoms with E-state index in [2.05, 4.69) is 42.9 Å². The van der Waals surface area contributed by atoms with E-state index in [0.29, 0.717) is 31.1 Å².